The van der Waals surface area contributed by atoms with E-state index in [9.17, 15) is 4.79 Å². The summed E-state index contributed by atoms with van der Waals surface area (Å²) >= 11 is 12.1. The van der Waals surface area contributed by atoms with Gasteiger partial charge in [-0.05, 0) is 29.6 Å². The number of halogens is 1. The molecule has 0 saturated carbocycles. The number of carbonyl (C=O) groups excluding carboxylic acids is 1. The minimum atomic E-state index is -0.286. The van der Waals surface area contributed by atoms with Crippen molar-refractivity contribution in [1.29, 1.82) is 0 Å². The van der Waals surface area contributed by atoms with Gasteiger partial charge in [-0.25, -0.2) is 0 Å². The van der Waals surface area contributed by atoms with Gasteiger partial charge >= 0.3 is 0 Å². The molecular formula is C13H11ClN2O2S2. The summed E-state index contributed by atoms with van der Waals surface area (Å²) < 4.78 is 5.23. The fourth-order valence-electron chi connectivity index (χ4n) is 1.58. The number of nitrogens with one attached hydrogen (secondary N) is 1. The highest BCUT2D eigenvalue weighted by Crippen LogP contribution is 2.28. The molecule has 0 saturated heterocycles. The molecule has 1 aromatic heterocycles. The van der Waals surface area contributed by atoms with Crippen molar-refractivity contribution in [3.8, 4) is 5.75 Å². The number of methoxy groups -OCH3 is 1. The summed E-state index contributed by atoms with van der Waals surface area (Å²) in [6, 6.07) is 6.76. The monoisotopic (exact) mass is 326 g/mol. The third-order valence-electron chi connectivity index (χ3n) is 2.56. The molecule has 7 heteroatoms. The van der Waals surface area contributed by atoms with Crippen molar-refractivity contribution in [2.75, 3.05) is 12.4 Å². The van der Waals surface area contributed by atoms with Crippen LogP contribution >= 0.6 is 35.2 Å². The molecule has 0 unspecified atom stereocenters. The van der Waals surface area contributed by atoms with Crippen LogP contribution in [0, 0.1) is 0 Å². The fourth-order valence-corrected chi connectivity index (χ4v) is 2.75. The summed E-state index contributed by atoms with van der Waals surface area (Å²) in [5.74, 6) is 0.197. The third kappa shape index (κ3) is 3.09. The number of hydrogen-bond acceptors (Lipinski definition) is 4. The minimum Gasteiger partial charge on any atom is -0.495 e. The van der Waals surface area contributed by atoms with Crippen molar-refractivity contribution in [2.24, 2.45) is 5.73 Å². The van der Waals surface area contributed by atoms with Crippen LogP contribution in [0.5, 0.6) is 5.75 Å². The molecule has 4 nitrogen and oxygen atoms in total. The average Bonchev–Trinajstić information content (AvgIpc) is 2.85. The lowest BCUT2D eigenvalue weighted by molar-refractivity contribution is 0.103. The summed E-state index contributed by atoms with van der Waals surface area (Å²) in [5.41, 5.74) is 6.76. The van der Waals surface area contributed by atoms with E-state index in [1.807, 2.05) is 0 Å². The number of hydrogen-bond donors (Lipinski definition) is 2. The van der Waals surface area contributed by atoms with Crippen LogP contribution in [0.3, 0.4) is 0 Å². The maximum atomic E-state index is 12.1. The number of carbonyl (C=O) groups is 1. The maximum Gasteiger partial charge on any atom is 0.267 e. The Balaban J connectivity index is 2.27. The van der Waals surface area contributed by atoms with Gasteiger partial charge in [0.1, 0.15) is 15.6 Å². The summed E-state index contributed by atoms with van der Waals surface area (Å²) in [5, 5.41) is 4.93. The molecule has 3 N–H and O–H groups in total. The van der Waals surface area contributed by atoms with Gasteiger partial charge in [-0.1, -0.05) is 23.8 Å². The van der Waals surface area contributed by atoms with Crippen LogP contribution in [0.2, 0.25) is 5.02 Å². The predicted octanol–water partition coefficient (Wildman–Crippen LogP) is 3.30. The number of ether oxygens (including phenoxy) is 1. The van der Waals surface area contributed by atoms with Gasteiger partial charge in [0.2, 0.25) is 0 Å². The molecule has 0 atom stereocenters. The van der Waals surface area contributed by atoms with E-state index in [4.69, 9.17) is 34.3 Å². The first-order valence-corrected chi connectivity index (χ1v) is 7.21. The van der Waals surface area contributed by atoms with E-state index in [1.54, 1.807) is 29.6 Å². The van der Waals surface area contributed by atoms with Gasteiger partial charge in [0, 0.05) is 5.56 Å². The predicted molar refractivity (Wildman–Crippen MR) is 86.2 cm³/mol. The summed E-state index contributed by atoms with van der Waals surface area (Å²) in [7, 11) is 1.51. The molecular weight excluding hydrogens is 316 g/mol. The zero-order valence-corrected chi connectivity index (χ0v) is 12.9. The highest BCUT2D eigenvalue weighted by atomic mass is 35.5. The van der Waals surface area contributed by atoms with Crippen LogP contribution in [0.25, 0.3) is 0 Å². The SMILES string of the molecule is COc1cc(C(N)=S)ccc1NC(=O)c1sccc1Cl. The number of rotatable bonds is 4. The van der Waals surface area contributed by atoms with Crippen molar-refractivity contribution in [3.63, 3.8) is 0 Å². The van der Waals surface area contributed by atoms with Crippen LogP contribution in [-0.2, 0) is 0 Å². The molecule has 20 heavy (non-hydrogen) atoms. The first kappa shape index (κ1) is 14.8. The fraction of sp³-hybridized carbons (Fsp3) is 0.0769. The Morgan fingerprint density at radius 1 is 1.45 bits per heavy atom. The standard InChI is InChI=1S/C13H11ClN2O2S2/c1-18-10-6-7(12(15)19)2-3-9(10)16-13(17)11-8(14)4-5-20-11/h2-6H,1H3,(H2,15,19)(H,16,17). The molecule has 0 aliphatic rings. The first-order chi connectivity index (χ1) is 9.52. The second-order valence-corrected chi connectivity index (χ2v) is 5.59. The summed E-state index contributed by atoms with van der Waals surface area (Å²) in [6.07, 6.45) is 0. The Kier molecular flexibility index (Phi) is 4.59. The molecule has 0 radical (unpaired) electrons. The zero-order valence-electron chi connectivity index (χ0n) is 10.5. The molecule has 0 spiro atoms. The Labute approximate surface area is 130 Å². The van der Waals surface area contributed by atoms with E-state index in [2.05, 4.69) is 5.32 Å². The van der Waals surface area contributed by atoms with Crippen LogP contribution in [-0.4, -0.2) is 18.0 Å². The largest absolute Gasteiger partial charge is 0.495 e. The van der Waals surface area contributed by atoms with Gasteiger partial charge in [0.15, 0.2) is 0 Å². The Morgan fingerprint density at radius 2 is 2.20 bits per heavy atom. The molecule has 104 valence electrons. The zero-order chi connectivity index (χ0) is 14.7. The van der Waals surface area contributed by atoms with Crippen molar-refractivity contribution >= 4 is 51.7 Å². The molecule has 2 rings (SSSR count). The molecule has 1 aromatic carbocycles. The van der Waals surface area contributed by atoms with E-state index in [-0.39, 0.29) is 10.9 Å². The molecule has 2 aromatic rings. The van der Waals surface area contributed by atoms with Gasteiger partial charge in [0.05, 0.1) is 17.8 Å². The van der Waals surface area contributed by atoms with E-state index >= 15 is 0 Å². The quantitative estimate of drug-likeness (QED) is 0.846. The van der Waals surface area contributed by atoms with Gasteiger partial charge in [-0.2, -0.15) is 0 Å². The second-order valence-electron chi connectivity index (χ2n) is 3.83. The lowest BCUT2D eigenvalue weighted by Gasteiger charge is -2.11. The van der Waals surface area contributed by atoms with Crippen LogP contribution in [0.1, 0.15) is 15.2 Å². The second kappa shape index (κ2) is 6.21. The topological polar surface area (TPSA) is 64.3 Å². The molecule has 0 aliphatic carbocycles. The number of thiocarbonyl (C=S) groups is 1. The summed E-state index contributed by atoms with van der Waals surface area (Å²) in [6.45, 7) is 0. The van der Waals surface area contributed by atoms with Crippen molar-refractivity contribution in [3.05, 3.63) is 45.1 Å². The van der Waals surface area contributed by atoms with Crippen molar-refractivity contribution in [1.82, 2.24) is 0 Å². The van der Waals surface area contributed by atoms with Crippen LogP contribution in [0.15, 0.2) is 29.6 Å². The van der Waals surface area contributed by atoms with E-state index in [0.29, 0.717) is 26.9 Å². The lowest BCUT2D eigenvalue weighted by Crippen LogP contribution is -2.13. The smallest absolute Gasteiger partial charge is 0.267 e. The van der Waals surface area contributed by atoms with Crippen LogP contribution < -0.4 is 15.8 Å². The van der Waals surface area contributed by atoms with Gasteiger partial charge in [0.25, 0.3) is 5.91 Å². The third-order valence-corrected chi connectivity index (χ3v) is 4.13. The number of amides is 1. The van der Waals surface area contributed by atoms with E-state index in [1.165, 1.54) is 18.4 Å². The Hall–Kier alpha value is -1.63. The average molecular weight is 327 g/mol. The highest BCUT2D eigenvalue weighted by molar-refractivity contribution is 7.80. The van der Waals surface area contributed by atoms with Gasteiger partial charge < -0.3 is 15.8 Å². The van der Waals surface area contributed by atoms with Gasteiger partial charge in [-0.15, -0.1) is 11.3 Å². The maximum absolute atomic E-state index is 12.1. The number of nitrogens with two attached hydrogens (primary N) is 1. The molecule has 0 fully saturated rings. The minimum absolute atomic E-state index is 0.266. The number of anilines is 1. The van der Waals surface area contributed by atoms with Crippen molar-refractivity contribution in [2.45, 2.75) is 0 Å². The van der Waals surface area contributed by atoms with E-state index in [0.717, 1.165) is 0 Å². The molecule has 1 heterocycles. The van der Waals surface area contributed by atoms with E-state index < -0.39 is 0 Å². The van der Waals surface area contributed by atoms with Crippen LogP contribution in [0.4, 0.5) is 5.69 Å². The molecule has 1 amide bonds. The summed E-state index contributed by atoms with van der Waals surface area (Å²) in [4.78, 5) is 12.8. The molecule has 0 aliphatic heterocycles. The Morgan fingerprint density at radius 3 is 2.75 bits per heavy atom. The first-order valence-electron chi connectivity index (χ1n) is 5.55. The number of thiophene rings is 1. The normalized spacial score (nSPS) is 10.1. The number of benzene rings is 1. The highest BCUT2D eigenvalue weighted by Gasteiger charge is 2.14. The Bertz CT molecular complexity index is 670. The lowest BCUT2D eigenvalue weighted by atomic mass is 10.2. The van der Waals surface area contributed by atoms with Crippen molar-refractivity contribution < 1.29 is 9.53 Å². The molecule has 0 bridgehead atoms. The van der Waals surface area contributed by atoms with Gasteiger partial charge in [-0.3, -0.25) is 4.79 Å².